The number of ether oxygens (including phenoxy) is 1. The molecule has 1 aromatic carbocycles. The number of hydrogen-bond acceptors (Lipinski definition) is 3. The maximum atomic E-state index is 13.1. The Kier molecular flexibility index (Phi) is 3.61. The molecule has 2 aliphatic rings. The average molecular weight is 279 g/mol. The third-order valence-corrected chi connectivity index (χ3v) is 3.95. The highest BCUT2D eigenvalue weighted by Gasteiger charge is 2.35. The van der Waals surface area contributed by atoms with Gasteiger partial charge in [-0.15, -0.1) is 0 Å². The maximum absolute atomic E-state index is 13.1. The zero-order valence-electron chi connectivity index (χ0n) is 11.1. The molecule has 1 aliphatic heterocycles. The van der Waals surface area contributed by atoms with Crippen LogP contribution in [0.3, 0.4) is 0 Å². The number of aliphatic hydroxyl groups is 1. The Labute approximate surface area is 116 Å². The van der Waals surface area contributed by atoms with Crippen LogP contribution >= 0.6 is 0 Å². The summed E-state index contributed by atoms with van der Waals surface area (Å²) in [6.07, 6.45) is 2.58. The molecule has 2 unspecified atom stereocenters. The number of hydrogen-bond donors (Lipinski definition) is 2. The molecule has 5 heteroatoms. The van der Waals surface area contributed by atoms with Crippen LogP contribution in [-0.2, 0) is 11.2 Å². The van der Waals surface area contributed by atoms with Gasteiger partial charge in [-0.2, -0.15) is 0 Å². The van der Waals surface area contributed by atoms with Gasteiger partial charge in [0.1, 0.15) is 11.6 Å². The highest BCUT2D eigenvalue weighted by atomic mass is 19.1. The predicted molar refractivity (Wildman–Crippen MR) is 70.9 cm³/mol. The van der Waals surface area contributed by atoms with E-state index in [2.05, 4.69) is 5.32 Å². The lowest BCUT2D eigenvalue weighted by molar-refractivity contribution is -0.128. The molecule has 0 aromatic heterocycles. The van der Waals surface area contributed by atoms with Gasteiger partial charge in [-0.3, -0.25) is 4.79 Å². The predicted octanol–water partition coefficient (Wildman–Crippen LogP) is 1.41. The quantitative estimate of drug-likeness (QED) is 0.856. The van der Waals surface area contributed by atoms with E-state index in [4.69, 9.17) is 9.84 Å². The molecule has 1 saturated carbocycles. The van der Waals surface area contributed by atoms with Crippen molar-refractivity contribution in [3.8, 4) is 5.75 Å². The van der Waals surface area contributed by atoms with E-state index >= 15 is 0 Å². The first kappa shape index (κ1) is 13.4. The van der Waals surface area contributed by atoms with E-state index in [1.807, 2.05) is 0 Å². The van der Waals surface area contributed by atoms with Gasteiger partial charge >= 0.3 is 0 Å². The van der Waals surface area contributed by atoms with Crippen molar-refractivity contribution in [2.75, 3.05) is 6.61 Å². The van der Waals surface area contributed by atoms with Crippen LogP contribution in [0.25, 0.3) is 0 Å². The Morgan fingerprint density at radius 3 is 3.00 bits per heavy atom. The molecule has 3 rings (SSSR count). The van der Waals surface area contributed by atoms with E-state index < -0.39 is 6.10 Å². The molecule has 1 fully saturated rings. The van der Waals surface area contributed by atoms with Gasteiger partial charge < -0.3 is 15.2 Å². The number of rotatable bonds is 5. The van der Waals surface area contributed by atoms with E-state index in [0.717, 1.165) is 18.4 Å². The molecule has 1 heterocycles. The molecule has 2 N–H and O–H groups in total. The fourth-order valence-corrected chi connectivity index (χ4v) is 2.70. The molecule has 1 aromatic rings. The summed E-state index contributed by atoms with van der Waals surface area (Å²) < 4.78 is 18.7. The van der Waals surface area contributed by atoms with Gasteiger partial charge in [-0.1, -0.05) is 0 Å². The topological polar surface area (TPSA) is 58.6 Å². The minimum atomic E-state index is -0.591. The number of fused-ring (bicyclic) bond motifs is 1. The van der Waals surface area contributed by atoms with Gasteiger partial charge in [0.05, 0.1) is 0 Å². The summed E-state index contributed by atoms with van der Waals surface area (Å²) in [6, 6.07) is 4.33. The van der Waals surface area contributed by atoms with Crippen molar-refractivity contribution in [3.05, 3.63) is 29.6 Å². The standard InChI is InChI=1S/C15H18FNO3/c16-11-3-4-13-10(7-11)8-14(20-13)15(19)17-12(5-6-18)9-1-2-9/h3-4,7,9,12,14,18H,1-2,5-6,8H2,(H,17,19). The minimum Gasteiger partial charge on any atom is -0.480 e. The highest BCUT2D eigenvalue weighted by Crippen LogP contribution is 2.34. The Hall–Kier alpha value is -1.62. The van der Waals surface area contributed by atoms with Gasteiger partial charge in [0, 0.05) is 24.6 Å². The van der Waals surface area contributed by atoms with Crippen molar-refractivity contribution in [1.29, 1.82) is 0 Å². The van der Waals surface area contributed by atoms with Gasteiger partial charge in [0.15, 0.2) is 6.10 Å². The summed E-state index contributed by atoms with van der Waals surface area (Å²) in [6.45, 7) is 0.0679. The van der Waals surface area contributed by atoms with E-state index in [9.17, 15) is 9.18 Å². The molecular formula is C15H18FNO3. The largest absolute Gasteiger partial charge is 0.480 e. The monoisotopic (exact) mass is 279 g/mol. The summed E-state index contributed by atoms with van der Waals surface area (Å²) in [5, 5.41) is 12.0. The highest BCUT2D eigenvalue weighted by molar-refractivity contribution is 5.82. The number of carbonyl (C=O) groups excluding carboxylic acids is 1. The summed E-state index contributed by atoms with van der Waals surface area (Å²) >= 11 is 0. The van der Waals surface area contributed by atoms with Crippen LogP contribution in [0.4, 0.5) is 4.39 Å². The normalized spacial score (nSPS) is 22.0. The van der Waals surface area contributed by atoms with Crippen molar-refractivity contribution in [1.82, 2.24) is 5.32 Å². The van der Waals surface area contributed by atoms with Crippen molar-refractivity contribution in [2.45, 2.75) is 37.8 Å². The van der Waals surface area contributed by atoms with Crippen LogP contribution in [0.15, 0.2) is 18.2 Å². The van der Waals surface area contributed by atoms with E-state index in [-0.39, 0.29) is 24.4 Å². The summed E-state index contributed by atoms with van der Waals surface area (Å²) in [4.78, 5) is 12.2. The minimum absolute atomic E-state index is 0.0246. The van der Waals surface area contributed by atoms with Crippen molar-refractivity contribution >= 4 is 5.91 Å². The van der Waals surface area contributed by atoms with E-state index in [1.54, 1.807) is 6.07 Å². The van der Waals surface area contributed by atoms with Crippen molar-refractivity contribution in [2.24, 2.45) is 5.92 Å². The summed E-state index contributed by atoms with van der Waals surface area (Å²) in [7, 11) is 0. The second kappa shape index (κ2) is 5.40. The Morgan fingerprint density at radius 2 is 2.30 bits per heavy atom. The van der Waals surface area contributed by atoms with Gasteiger partial charge in [0.2, 0.25) is 0 Å². The smallest absolute Gasteiger partial charge is 0.261 e. The first-order valence-corrected chi connectivity index (χ1v) is 7.03. The number of amides is 1. The van der Waals surface area contributed by atoms with Gasteiger partial charge in [0.25, 0.3) is 5.91 Å². The van der Waals surface area contributed by atoms with Crippen LogP contribution in [0.1, 0.15) is 24.8 Å². The Morgan fingerprint density at radius 1 is 1.50 bits per heavy atom. The number of carbonyl (C=O) groups is 1. The first-order chi connectivity index (χ1) is 9.67. The average Bonchev–Trinajstić information content (AvgIpc) is 3.17. The molecule has 108 valence electrons. The van der Waals surface area contributed by atoms with Crippen LogP contribution in [0.2, 0.25) is 0 Å². The number of aliphatic hydroxyl groups excluding tert-OH is 1. The molecule has 0 spiro atoms. The Bertz CT molecular complexity index is 516. The first-order valence-electron chi connectivity index (χ1n) is 7.03. The van der Waals surface area contributed by atoms with E-state index in [0.29, 0.717) is 24.5 Å². The van der Waals surface area contributed by atoms with Crippen molar-refractivity contribution in [3.63, 3.8) is 0 Å². The number of benzene rings is 1. The van der Waals surface area contributed by atoms with Gasteiger partial charge in [-0.25, -0.2) is 4.39 Å². The number of halogens is 1. The van der Waals surface area contributed by atoms with Crippen LogP contribution < -0.4 is 10.1 Å². The molecule has 4 nitrogen and oxygen atoms in total. The number of nitrogens with one attached hydrogen (secondary N) is 1. The lowest BCUT2D eigenvalue weighted by Gasteiger charge is -2.19. The third kappa shape index (κ3) is 2.77. The fraction of sp³-hybridized carbons (Fsp3) is 0.533. The fourth-order valence-electron chi connectivity index (χ4n) is 2.70. The molecule has 1 aliphatic carbocycles. The second-order valence-electron chi connectivity index (χ2n) is 5.53. The van der Waals surface area contributed by atoms with Gasteiger partial charge in [-0.05, 0) is 43.4 Å². The zero-order valence-corrected chi connectivity index (χ0v) is 11.1. The summed E-state index contributed by atoms with van der Waals surface area (Å²) in [5.41, 5.74) is 0.732. The third-order valence-electron chi connectivity index (χ3n) is 3.95. The van der Waals surface area contributed by atoms with Crippen LogP contribution in [0.5, 0.6) is 5.75 Å². The SMILES string of the molecule is O=C(NC(CCO)C1CC1)C1Cc2cc(F)ccc2O1. The molecule has 0 radical (unpaired) electrons. The maximum Gasteiger partial charge on any atom is 0.261 e. The lowest BCUT2D eigenvalue weighted by Crippen LogP contribution is -2.44. The summed E-state index contributed by atoms with van der Waals surface area (Å²) in [5.74, 6) is 0.570. The second-order valence-corrected chi connectivity index (χ2v) is 5.53. The zero-order chi connectivity index (χ0) is 14.1. The Balaban J connectivity index is 1.61. The molecule has 2 atom stereocenters. The molecule has 0 saturated heterocycles. The molecule has 1 amide bonds. The van der Waals surface area contributed by atoms with Crippen LogP contribution in [0, 0.1) is 11.7 Å². The van der Waals surface area contributed by atoms with E-state index in [1.165, 1.54) is 12.1 Å². The van der Waals surface area contributed by atoms with Crippen LogP contribution in [-0.4, -0.2) is 29.8 Å². The lowest BCUT2D eigenvalue weighted by atomic mass is 10.1. The molecule has 20 heavy (non-hydrogen) atoms. The van der Waals surface area contributed by atoms with Crippen molar-refractivity contribution < 1.29 is 19.0 Å². The molecular weight excluding hydrogens is 261 g/mol. The molecule has 0 bridgehead atoms.